The van der Waals surface area contributed by atoms with Crippen LogP contribution in [0.4, 0.5) is 0 Å². The van der Waals surface area contributed by atoms with E-state index in [2.05, 4.69) is 10.00 Å². The molecule has 1 saturated carbocycles. The standard InChI is InChI=1S/C16H26N4O2S/c1-23(21,22)19-8-5-16-14(11-19)9-15(12-18-7-2-6-17-18)20(16)10-13-3-4-13/h2,6-7,13-16H,3-5,8-12H2,1H3/t14-,15+,16+/m0/s1. The first-order valence-corrected chi connectivity index (χ1v) is 10.5. The average molecular weight is 338 g/mol. The molecule has 0 unspecified atom stereocenters. The van der Waals surface area contributed by atoms with E-state index in [1.165, 1.54) is 25.6 Å². The van der Waals surface area contributed by atoms with Crippen LogP contribution in [-0.4, -0.2) is 65.4 Å². The molecular formula is C16H26N4O2S. The zero-order valence-electron chi connectivity index (χ0n) is 13.7. The maximum Gasteiger partial charge on any atom is 0.211 e. The first kappa shape index (κ1) is 15.6. The number of piperidine rings is 1. The fourth-order valence-corrected chi connectivity index (χ4v) is 5.30. The molecule has 0 aromatic carbocycles. The van der Waals surface area contributed by atoms with E-state index in [9.17, 15) is 8.42 Å². The molecule has 0 amide bonds. The average Bonchev–Trinajstić information content (AvgIpc) is 3.04. The summed E-state index contributed by atoms with van der Waals surface area (Å²) in [5.74, 6) is 1.33. The minimum Gasteiger partial charge on any atom is -0.295 e. The Hall–Kier alpha value is -0.920. The van der Waals surface area contributed by atoms with Crippen LogP contribution in [0, 0.1) is 11.8 Å². The van der Waals surface area contributed by atoms with Crippen LogP contribution in [0.5, 0.6) is 0 Å². The van der Waals surface area contributed by atoms with Crippen LogP contribution < -0.4 is 0 Å². The minimum absolute atomic E-state index is 0.470. The van der Waals surface area contributed by atoms with Gasteiger partial charge in [0.2, 0.25) is 10.0 Å². The van der Waals surface area contributed by atoms with Gasteiger partial charge in [-0.05, 0) is 43.6 Å². The lowest BCUT2D eigenvalue weighted by Gasteiger charge is -2.37. The number of nitrogens with zero attached hydrogens (tertiary/aromatic N) is 4. The smallest absolute Gasteiger partial charge is 0.211 e. The molecule has 0 bridgehead atoms. The lowest BCUT2D eigenvalue weighted by molar-refractivity contribution is 0.121. The van der Waals surface area contributed by atoms with Crippen molar-refractivity contribution >= 4 is 10.0 Å². The Morgan fingerprint density at radius 3 is 2.70 bits per heavy atom. The van der Waals surface area contributed by atoms with E-state index in [0.717, 1.165) is 25.3 Å². The summed E-state index contributed by atoms with van der Waals surface area (Å²) in [5.41, 5.74) is 0. The van der Waals surface area contributed by atoms with Gasteiger partial charge >= 0.3 is 0 Å². The van der Waals surface area contributed by atoms with Gasteiger partial charge < -0.3 is 0 Å². The van der Waals surface area contributed by atoms with Crippen molar-refractivity contribution in [3.8, 4) is 0 Å². The first-order valence-electron chi connectivity index (χ1n) is 8.69. The predicted octanol–water partition coefficient (Wildman–Crippen LogP) is 1.02. The first-order chi connectivity index (χ1) is 11.0. The van der Waals surface area contributed by atoms with E-state index in [1.807, 2.05) is 23.1 Å². The highest BCUT2D eigenvalue weighted by Gasteiger charge is 2.46. The van der Waals surface area contributed by atoms with Crippen LogP contribution >= 0.6 is 0 Å². The van der Waals surface area contributed by atoms with Gasteiger partial charge in [0.1, 0.15) is 0 Å². The van der Waals surface area contributed by atoms with E-state index < -0.39 is 10.0 Å². The highest BCUT2D eigenvalue weighted by atomic mass is 32.2. The van der Waals surface area contributed by atoms with Crippen molar-refractivity contribution in [2.24, 2.45) is 11.8 Å². The molecule has 3 atom stereocenters. The van der Waals surface area contributed by atoms with Crippen LogP contribution in [0.25, 0.3) is 0 Å². The van der Waals surface area contributed by atoms with Gasteiger partial charge in [-0.15, -0.1) is 0 Å². The Bertz CT molecular complexity index is 641. The molecule has 1 aromatic heterocycles. The van der Waals surface area contributed by atoms with Crippen molar-refractivity contribution in [2.75, 3.05) is 25.9 Å². The Labute approximate surface area is 138 Å². The molecule has 3 fully saturated rings. The monoisotopic (exact) mass is 338 g/mol. The molecule has 0 spiro atoms. The quantitative estimate of drug-likeness (QED) is 0.804. The van der Waals surface area contributed by atoms with Crippen LogP contribution in [0.1, 0.15) is 25.7 Å². The van der Waals surface area contributed by atoms with Crippen LogP contribution in [-0.2, 0) is 16.6 Å². The summed E-state index contributed by atoms with van der Waals surface area (Å²) in [6.07, 6.45) is 9.98. The molecule has 3 heterocycles. The molecule has 128 valence electrons. The lowest BCUT2D eigenvalue weighted by Crippen LogP contribution is -2.49. The van der Waals surface area contributed by atoms with Gasteiger partial charge in [0, 0.05) is 44.1 Å². The molecule has 1 aromatic rings. The van der Waals surface area contributed by atoms with Crippen LogP contribution in [0.15, 0.2) is 18.5 Å². The largest absolute Gasteiger partial charge is 0.295 e. The highest BCUT2D eigenvalue weighted by molar-refractivity contribution is 7.88. The SMILES string of the molecule is CS(=O)(=O)N1CC[C@@H]2[C@@H](C[C@H](Cn3cccn3)N2CC2CC2)C1. The number of rotatable bonds is 5. The maximum atomic E-state index is 11.9. The van der Waals surface area contributed by atoms with E-state index in [-0.39, 0.29) is 0 Å². The second-order valence-corrected chi connectivity index (χ2v) is 9.48. The fourth-order valence-electron chi connectivity index (χ4n) is 4.40. The predicted molar refractivity (Wildman–Crippen MR) is 88.4 cm³/mol. The number of sulfonamides is 1. The zero-order valence-corrected chi connectivity index (χ0v) is 14.5. The zero-order chi connectivity index (χ0) is 16.0. The van der Waals surface area contributed by atoms with Gasteiger partial charge in [-0.25, -0.2) is 12.7 Å². The Morgan fingerprint density at radius 1 is 1.22 bits per heavy atom. The molecule has 0 radical (unpaired) electrons. The molecule has 0 N–H and O–H groups in total. The molecule has 2 saturated heterocycles. The maximum absolute atomic E-state index is 11.9. The van der Waals surface area contributed by atoms with Gasteiger partial charge in [-0.2, -0.15) is 5.10 Å². The van der Waals surface area contributed by atoms with Gasteiger partial charge in [-0.1, -0.05) is 0 Å². The Kier molecular flexibility index (Phi) is 3.98. The molecule has 2 aliphatic heterocycles. The van der Waals surface area contributed by atoms with Gasteiger partial charge in [0.25, 0.3) is 0 Å². The van der Waals surface area contributed by atoms with Crippen LogP contribution in [0.3, 0.4) is 0 Å². The highest BCUT2D eigenvalue weighted by Crippen LogP contribution is 2.40. The van der Waals surface area contributed by atoms with Gasteiger partial charge in [0.05, 0.1) is 12.8 Å². The van der Waals surface area contributed by atoms with Crippen molar-refractivity contribution in [1.82, 2.24) is 19.0 Å². The van der Waals surface area contributed by atoms with E-state index in [1.54, 1.807) is 4.31 Å². The van der Waals surface area contributed by atoms with E-state index in [0.29, 0.717) is 31.1 Å². The number of likely N-dealkylation sites (tertiary alicyclic amines) is 1. The summed E-state index contributed by atoms with van der Waals surface area (Å²) in [4.78, 5) is 2.68. The summed E-state index contributed by atoms with van der Waals surface area (Å²) in [5, 5.41) is 4.36. The van der Waals surface area contributed by atoms with Crippen molar-refractivity contribution in [3.05, 3.63) is 18.5 Å². The van der Waals surface area contributed by atoms with Crippen LogP contribution in [0.2, 0.25) is 0 Å². The summed E-state index contributed by atoms with van der Waals surface area (Å²) in [6, 6.07) is 3.01. The third kappa shape index (κ3) is 3.32. The molecule has 1 aliphatic carbocycles. The molecule has 6 nitrogen and oxygen atoms in total. The van der Waals surface area contributed by atoms with Gasteiger partial charge in [-0.3, -0.25) is 9.58 Å². The molecule has 7 heteroatoms. The third-order valence-corrected chi connectivity index (χ3v) is 6.99. The summed E-state index contributed by atoms with van der Waals surface area (Å²) >= 11 is 0. The summed E-state index contributed by atoms with van der Waals surface area (Å²) in [7, 11) is -3.06. The summed E-state index contributed by atoms with van der Waals surface area (Å²) < 4.78 is 27.5. The molecular weight excluding hydrogens is 312 g/mol. The van der Waals surface area contributed by atoms with Gasteiger partial charge in [0.15, 0.2) is 0 Å². The van der Waals surface area contributed by atoms with Crippen molar-refractivity contribution in [1.29, 1.82) is 0 Å². The third-order valence-electron chi connectivity index (χ3n) is 5.72. The minimum atomic E-state index is -3.06. The number of fused-ring (bicyclic) bond motifs is 1. The second kappa shape index (κ2) is 5.86. The fraction of sp³-hybridized carbons (Fsp3) is 0.812. The second-order valence-electron chi connectivity index (χ2n) is 7.49. The molecule has 23 heavy (non-hydrogen) atoms. The molecule has 3 aliphatic rings. The topological polar surface area (TPSA) is 58.4 Å². The Balaban J connectivity index is 1.50. The summed E-state index contributed by atoms with van der Waals surface area (Å²) in [6.45, 7) is 3.48. The lowest BCUT2D eigenvalue weighted by atomic mass is 9.93. The molecule has 4 rings (SSSR count). The van der Waals surface area contributed by atoms with Crippen molar-refractivity contribution < 1.29 is 8.42 Å². The van der Waals surface area contributed by atoms with Crippen molar-refractivity contribution in [3.63, 3.8) is 0 Å². The van der Waals surface area contributed by atoms with Crippen molar-refractivity contribution in [2.45, 2.75) is 44.3 Å². The number of hydrogen-bond acceptors (Lipinski definition) is 4. The van der Waals surface area contributed by atoms with E-state index in [4.69, 9.17) is 0 Å². The normalized spacial score (nSPS) is 33.0. The van der Waals surface area contributed by atoms with E-state index >= 15 is 0 Å². The Morgan fingerprint density at radius 2 is 2.04 bits per heavy atom. The number of hydrogen-bond donors (Lipinski definition) is 0. The number of aromatic nitrogens is 2.